The van der Waals surface area contributed by atoms with Crippen LogP contribution in [-0.2, 0) is 4.79 Å². The van der Waals surface area contributed by atoms with Crippen LogP contribution in [0.25, 0.3) is 6.08 Å². The molecule has 26 heavy (non-hydrogen) atoms. The average molecular weight is 356 g/mol. The van der Waals surface area contributed by atoms with Gasteiger partial charge in [0.2, 0.25) is 0 Å². The monoisotopic (exact) mass is 356 g/mol. The van der Waals surface area contributed by atoms with Gasteiger partial charge in [0.05, 0.1) is 13.2 Å². The van der Waals surface area contributed by atoms with Crippen LogP contribution in [0.2, 0.25) is 0 Å². The van der Waals surface area contributed by atoms with E-state index in [0.717, 1.165) is 24.1 Å². The van der Waals surface area contributed by atoms with Gasteiger partial charge < -0.3 is 14.8 Å². The molecule has 2 aliphatic heterocycles. The van der Waals surface area contributed by atoms with Gasteiger partial charge in [-0.2, -0.15) is 0 Å². The summed E-state index contributed by atoms with van der Waals surface area (Å²) in [6, 6.07) is 8.68. The highest BCUT2D eigenvalue weighted by molar-refractivity contribution is 6.19. The minimum Gasteiger partial charge on any atom is -0.490 e. The highest BCUT2D eigenvalue weighted by Gasteiger charge is 2.22. The predicted molar refractivity (Wildman–Crippen MR) is 91.1 cm³/mol. The van der Waals surface area contributed by atoms with Crippen LogP contribution in [0.5, 0.6) is 11.5 Å². The van der Waals surface area contributed by atoms with Crippen molar-refractivity contribution in [2.24, 2.45) is 4.99 Å². The summed E-state index contributed by atoms with van der Waals surface area (Å²) in [5.41, 5.74) is 1.17. The van der Waals surface area contributed by atoms with Crippen LogP contribution in [0, 0.1) is 11.6 Å². The van der Waals surface area contributed by atoms with Gasteiger partial charge in [-0.25, -0.2) is 13.8 Å². The van der Waals surface area contributed by atoms with Gasteiger partial charge in [-0.1, -0.05) is 6.07 Å². The Balaban J connectivity index is 1.64. The molecule has 1 N–H and O–H groups in total. The number of amides is 1. The number of amidine groups is 1. The molecule has 0 aliphatic carbocycles. The molecule has 4 rings (SSSR count). The molecule has 2 heterocycles. The lowest BCUT2D eigenvalue weighted by molar-refractivity contribution is -0.115. The number of hydrogen-bond donors (Lipinski definition) is 1. The molecular weight excluding hydrogens is 342 g/mol. The van der Waals surface area contributed by atoms with Gasteiger partial charge in [-0.15, -0.1) is 0 Å². The van der Waals surface area contributed by atoms with E-state index in [1.165, 1.54) is 6.07 Å². The first-order valence-electron chi connectivity index (χ1n) is 8.07. The van der Waals surface area contributed by atoms with E-state index in [4.69, 9.17) is 9.47 Å². The molecule has 2 aliphatic rings. The Morgan fingerprint density at radius 1 is 1.00 bits per heavy atom. The number of fused-ring (bicyclic) bond motifs is 1. The first kappa shape index (κ1) is 16.3. The van der Waals surface area contributed by atoms with E-state index < -0.39 is 17.5 Å². The number of rotatable bonds is 2. The van der Waals surface area contributed by atoms with Crippen LogP contribution >= 0.6 is 0 Å². The summed E-state index contributed by atoms with van der Waals surface area (Å²) < 4.78 is 37.6. The Kier molecular flexibility index (Phi) is 4.12. The summed E-state index contributed by atoms with van der Waals surface area (Å²) in [5, 5.41) is 2.56. The summed E-state index contributed by atoms with van der Waals surface area (Å²) in [6.45, 7) is 1.16. The van der Waals surface area contributed by atoms with E-state index in [2.05, 4.69) is 10.3 Å². The van der Waals surface area contributed by atoms with Crippen LogP contribution in [-0.4, -0.2) is 25.0 Å². The number of halogens is 2. The molecule has 0 saturated carbocycles. The number of benzene rings is 2. The Morgan fingerprint density at radius 2 is 1.81 bits per heavy atom. The number of aliphatic imine (C=N–C) groups is 1. The Hall–Kier alpha value is -3.22. The van der Waals surface area contributed by atoms with Gasteiger partial charge in [0.1, 0.15) is 11.5 Å². The lowest BCUT2D eigenvalue weighted by Gasteiger charge is -2.07. The zero-order valence-corrected chi connectivity index (χ0v) is 13.6. The van der Waals surface area contributed by atoms with E-state index >= 15 is 0 Å². The zero-order chi connectivity index (χ0) is 18.1. The number of carbonyl (C=O) groups excluding carboxylic acids is 1. The molecular formula is C19H14F2N2O3. The maximum Gasteiger partial charge on any atom is 0.275 e. The van der Waals surface area contributed by atoms with Gasteiger partial charge >= 0.3 is 0 Å². The molecule has 1 amide bonds. The van der Waals surface area contributed by atoms with Crippen molar-refractivity contribution in [1.82, 2.24) is 5.32 Å². The fourth-order valence-electron chi connectivity index (χ4n) is 2.68. The van der Waals surface area contributed by atoms with E-state index in [0.29, 0.717) is 30.3 Å². The van der Waals surface area contributed by atoms with Crippen LogP contribution in [0.4, 0.5) is 8.78 Å². The van der Waals surface area contributed by atoms with Crippen molar-refractivity contribution in [1.29, 1.82) is 0 Å². The van der Waals surface area contributed by atoms with Crippen molar-refractivity contribution >= 4 is 17.8 Å². The van der Waals surface area contributed by atoms with Crippen molar-refractivity contribution < 1.29 is 23.0 Å². The molecule has 0 fully saturated rings. The lowest BCUT2D eigenvalue weighted by atomic mass is 10.1. The van der Waals surface area contributed by atoms with Gasteiger partial charge in [0, 0.05) is 12.0 Å². The van der Waals surface area contributed by atoms with Crippen molar-refractivity contribution in [3.05, 3.63) is 64.9 Å². The van der Waals surface area contributed by atoms with Crippen molar-refractivity contribution in [2.75, 3.05) is 13.2 Å². The smallest absolute Gasteiger partial charge is 0.275 e. The summed E-state index contributed by atoms with van der Waals surface area (Å²) >= 11 is 0. The average Bonchev–Trinajstić information content (AvgIpc) is 2.84. The van der Waals surface area contributed by atoms with E-state index in [-0.39, 0.29) is 11.5 Å². The number of nitrogens with one attached hydrogen (secondary N) is 1. The molecule has 0 atom stereocenters. The SMILES string of the molecule is O=C1NC(c2ccc(F)c(F)c2)=N/C1=C/c1ccc2c(c1)OCCCO2. The van der Waals surface area contributed by atoms with Crippen molar-refractivity contribution in [3.8, 4) is 11.5 Å². The predicted octanol–water partition coefficient (Wildman–Crippen LogP) is 3.04. The Morgan fingerprint density at radius 3 is 2.62 bits per heavy atom. The van der Waals surface area contributed by atoms with Gasteiger partial charge in [-0.3, -0.25) is 4.79 Å². The lowest BCUT2D eigenvalue weighted by Crippen LogP contribution is -2.24. The second kappa shape index (κ2) is 6.59. The van der Waals surface area contributed by atoms with Gasteiger partial charge in [0.15, 0.2) is 23.1 Å². The first-order valence-corrected chi connectivity index (χ1v) is 8.07. The van der Waals surface area contributed by atoms with Crippen LogP contribution in [0.3, 0.4) is 0 Å². The van der Waals surface area contributed by atoms with Crippen molar-refractivity contribution in [3.63, 3.8) is 0 Å². The fraction of sp³-hybridized carbons (Fsp3) is 0.158. The summed E-state index contributed by atoms with van der Waals surface area (Å²) in [5.74, 6) is -0.931. The maximum atomic E-state index is 13.4. The van der Waals surface area contributed by atoms with Gasteiger partial charge in [-0.05, 0) is 42.0 Å². The van der Waals surface area contributed by atoms with E-state index in [1.54, 1.807) is 24.3 Å². The molecule has 0 radical (unpaired) electrons. The largest absolute Gasteiger partial charge is 0.490 e. The minimum absolute atomic E-state index is 0.166. The fourth-order valence-corrected chi connectivity index (χ4v) is 2.68. The number of hydrogen-bond acceptors (Lipinski definition) is 4. The molecule has 132 valence electrons. The molecule has 2 aromatic rings. The third-order valence-electron chi connectivity index (χ3n) is 3.96. The second-order valence-electron chi connectivity index (χ2n) is 5.83. The molecule has 0 aromatic heterocycles. The van der Waals surface area contributed by atoms with Crippen LogP contribution < -0.4 is 14.8 Å². The third-order valence-corrected chi connectivity index (χ3v) is 3.96. The van der Waals surface area contributed by atoms with E-state index in [9.17, 15) is 13.6 Å². The molecule has 0 unspecified atom stereocenters. The molecule has 0 bridgehead atoms. The standard InChI is InChI=1S/C19H14F2N2O3/c20-13-4-3-12(10-14(13)21)18-22-15(19(24)23-18)8-11-2-5-16-17(9-11)26-7-1-6-25-16/h2-5,8-10H,1,6-7H2,(H,22,23,24)/b15-8+. The first-order chi connectivity index (χ1) is 12.6. The van der Waals surface area contributed by atoms with E-state index in [1.807, 2.05) is 0 Å². The number of carbonyl (C=O) groups is 1. The maximum absolute atomic E-state index is 13.4. The topological polar surface area (TPSA) is 59.9 Å². The van der Waals surface area contributed by atoms with Crippen molar-refractivity contribution in [2.45, 2.75) is 6.42 Å². The Bertz CT molecular complexity index is 954. The molecule has 2 aromatic carbocycles. The minimum atomic E-state index is -1.00. The molecule has 0 saturated heterocycles. The third kappa shape index (κ3) is 3.15. The zero-order valence-electron chi connectivity index (χ0n) is 13.6. The second-order valence-corrected chi connectivity index (χ2v) is 5.83. The highest BCUT2D eigenvalue weighted by Crippen LogP contribution is 2.31. The van der Waals surface area contributed by atoms with Gasteiger partial charge in [0.25, 0.3) is 5.91 Å². The summed E-state index contributed by atoms with van der Waals surface area (Å²) in [7, 11) is 0. The Labute approximate surface area is 148 Å². The number of ether oxygens (including phenoxy) is 2. The normalized spacial score (nSPS) is 17.7. The number of nitrogens with zero attached hydrogens (tertiary/aromatic N) is 1. The summed E-state index contributed by atoms with van der Waals surface area (Å²) in [4.78, 5) is 16.3. The highest BCUT2D eigenvalue weighted by atomic mass is 19.2. The molecule has 7 heteroatoms. The molecule has 5 nitrogen and oxygen atoms in total. The molecule has 0 spiro atoms. The summed E-state index contributed by atoms with van der Waals surface area (Å²) in [6.07, 6.45) is 2.39. The van der Waals surface area contributed by atoms with Crippen LogP contribution in [0.15, 0.2) is 47.1 Å². The quantitative estimate of drug-likeness (QED) is 0.842. The van der Waals surface area contributed by atoms with Crippen LogP contribution in [0.1, 0.15) is 17.5 Å².